The van der Waals surface area contributed by atoms with Crippen LogP contribution in [0.4, 0.5) is 0 Å². The predicted molar refractivity (Wildman–Crippen MR) is 112 cm³/mol. The summed E-state index contributed by atoms with van der Waals surface area (Å²) >= 11 is 6.34. The topological polar surface area (TPSA) is 69.4 Å². The molecule has 0 aliphatic rings. The number of esters is 1. The number of benzene rings is 2. The Labute approximate surface area is 171 Å². The number of fused-ring (bicyclic) bond motifs is 1. The summed E-state index contributed by atoms with van der Waals surface area (Å²) in [5, 5.41) is 0.714. The molecule has 6 heteroatoms. The van der Waals surface area contributed by atoms with E-state index in [1.165, 1.54) is 6.20 Å². The van der Waals surface area contributed by atoms with Crippen molar-refractivity contribution >= 4 is 28.5 Å². The highest BCUT2D eigenvalue weighted by atomic mass is 35.5. The molecular weight excluding hydrogens is 390 g/mol. The molecule has 0 radical (unpaired) electrons. The van der Waals surface area contributed by atoms with Crippen molar-refractivity contribution in [2.24, 2.45) is 0 Å². The SMILES string of the molecule is Cc1cc(C)c2oc(-c3ccccc3Cl)c(OC(=O)c3cccnc3)c(=O)c2c1. The Balaban J connectivity index is 1.99. The second kappa shape index (κ2) is 7.53. The number of pyridine rings is 1. The van der Waals surface area contributed by atoms with Gasteiger partial charge < -0.3 is 9.15 Å². The van der Waals surface area contributed by atoms with Crippen molar-refractivity contribution in [2.75, 3.05) is 0 Å². The lowest BCUT2D eigenvalue weighted by molar-refractivity contribution is 0.0731. The molecule has 0 spiro atoms. The first-order valence-corrected chi connectivity index (χ1v) is 9.28. The molecule has 2 heterocycles. The predicted octanol–water partition coefficient (Wildman–Crippen LogP) is 5.34. The number of rotatable bonds is 3. The van der Waals surface area contributed by atoms with Crippen LogP contribution in [-0.2, 0) is 0 Å². The number of carbonyl (C=O) groups is 1. The molecule has 0 fully saturated rings. The Bertz CT molecular complexity index is 1300. The monoisotopic (exact) mass is 405 g/mol. The first-order chi connectivity index (χ1) is 14.0. The molecule has 0 N–H and O–H groups in total. The van der Waals surface area contributed by atoms with Gasteiger partial charge in [0.25, 0.3) is 0 Å². The molecular formula is C23H16ClNO4. The molecule has 0 bridgehead atoms. The van der Waals surface area contributed by atoms with E-state index in [0.717, 1.165) is 11.1 Å². The molecule has 0 saturated heterocycles. The average molecular weight is 406 g/mol. The van der Waals surface area contributed by atoms with E-state index in [-0.39, 0.29) is 17.1 Å². The number of nitrogens with zero attached hydrogens (tertiary/aromatic N) is 1. The Morgan fingerprint density at radius 2 is 1.90 bits per heavy atom. The number of ether oxygens (including phenoxy) is 1. The lowest BCUT2D eigenvalue weighted by Gasteiger charge is -2.13. The fourth-order valence-corrected chi connectivity index (χ4v) is 3.40. The Morgan fingerprint density at radius 1 is 1.10 bits per heavy atom. The fraction of sp³-hybridized carbons (Fsp3) is 0.0870. The van der Waals surface area contributed by atoms with Gasteiger partial charge in [0.2, 0.25) is 11.2 Å². The minimum atomic E-state index is -0.706. The zero-order chi connectivity index (χ0) is 20.5. The number of carbonyl (C=O) groups excluding carboxylic acids is 1. The van der Waals surface area contributed by atoms with Gasteiger partial charge in [0, 0.05) is 18.0 Å². The van der Waals surface area contributed by atoms with Crippen molar-refractivity contribution in [1.82, 2.24) is 4.98 Å². The summed E-state index contributed by atoms with van der Waals surface area (Å²) in [6.07, 6.45) is 2.91. The van der Waals surface area contributed by atoms with Crippen LogP contribution < -0.4 is 10.2 Å². The van der Waals surface area contributed by atoms with Crippen molar-refractivity contribution in [3.63, 3.8) is 0 Å². The van der Waals surface area contributed by atoms with Crippen LogP contribution in [0.3, 0.4) is 0 Å². The quantitative estimate of drug-likeness (QED) is 0.430. The molecule has 0 unspecified atom stereocenters. The lowest BCUT2D eigenvalue weighted by Crippen LogP contribution is -2.16. The second-order valence-electron chi connectivity index (χ2n) is 6.66. The fourth-order valence-electron chi connectivity index (χ4n) is 3.18. The van der Waals surface area contributed by atoms with Gasteiger partial charge in [-0.3, -0.25) is 9.78 Å². The van der Waals surface area contributed by atoms with Crippen LogP contribution in [0.1, 0.15) is 21.5 Å². The molecule has 4 aromatic rings. The van der Waals surface area contributed by atoms with Crippen molar-refractivity contribution in [2.45, 2.75) is 13.8 Å². The number of halogens is 1. The zero-order valence-electron chi connectivity index (χ0n) is 15.7. The van der Waals surface area contributed by atoms with Gasteiger partial charge in [-0.1, -0.05) is 29.8 Å². The smallest absolute Gasteiger partial charge is 0.345 e. The van der Waals surface area contributed by atoms with Crippen LogP contribution in [-0.4, -0.2) is 11.0 Å². The first-order valence-electron chi connectivity index (χ1n) is 8.91. The summed E-state index contributed by atoms with van der Waals surface area (Å²) in [5.41, 5.74) is 2.37. The van der Waals surface area contributed by atoms with E-state index in [1.807, 2.05) is 19.9 Å². The van der Waals surface area contributed by atoms with Crippen molar-refractivity contribution in [1.29, 1.82) is 0 Å². The highest BCUT2D eigenvalue weighted by molar-refractivity contribution is 6.33. The summed E-state index contributed by atoms with van der Waals surface area (Å²) in [4.78, 5) is 29.9. The van der Waals surface area contributed by atoms with Crippen LogP contribution >= 0.6 is 11.6 Å². The highest BCUT2D eigenvalue weighted by Gasteiger charge is 2.23. The Kier molecular flexibility index (Phi) is 4.91. The van der Waals surface area contributed by atoms with Crippen LogP contribution in [0.25, 0.3) is 22.3 Å². The van der Waals surface area contributed by atoms with E-state index in [0.29, 0.717) is 21.6 Å². The number of hydrogen-bond donors (Lipinski definition) is 0. The third kappa shape index (κ3) is 3.52. The molecule has 144 valence electrons. The molecule has 0 amide bonds. The van der Waals surface area contributed by atoms with Gasteiger partial charge in [-0.05, 0) is 55.3 Å². The minimum Gasteiger partial charge on any atom is -0.452 e. The van der Waals surface area contributed by atoms with E-state index in [2.05, 4.69) is 4.98 Å². The number of aryl methyl sites for hydroxylation is 2. The van der Waals surface area contributed by atoms with E-state index in [1.54, 1.807) is 48.7 Å². The Morgan fingerprint density at radius 3 is 2.62 bits per heavy atom. The molecule has 0 atom stereocenters. The van der Waals surface area contributed by atoms with Crippen LogP contribution in [0, 0.1) is 13.8 Å². The van der Waals surface area contributed by atoms with Crippen molar-refractivity contribution in [3.05, 3.63) is 92.9 Å². The average Bonchev–Trinajstić information content (AvgIpc) is 2.71. The van der Waals surface area contributed by atoms with Crippen molar-refractivity contribution < 1.29 is 13.9 Å². The second-order valence-corrected chi connectivity index (χ2v) is 7.07. The minimum absolute atomic E-state index is 0.109. The maximum atomic E-state index is 13.3. The van der Waals surface area contributed by atoms with Crippen LogP contribution in [0.5, 0.6) is 5.75 Å². The van der Waals surface area contributed by atoms with E-state index >= 15 is 0 Å². The van der Waals surface area contributed by atoms with Crippen LogP contribution in [0.2, 0.25) is 5.02 Å². The largest absolute Gasteiger partial charge is 0.452 e. The lowest BCUT2D eigenvalue weighted by atomic mass is 10.1. The molecule has 0 aliphatic heterocycles. The highest BCUT2D eigenvalue weighted by Crippen LogP contribution is 2.36. The van der Waals surface area contributed by atoms with E-state index < -0.39 is 11.4 Å². The first kappa shape index (κ1) is 18.9. The molecule has 0 aliphatic carbocycles. The molecule has 29 heavy (non-hydrogen) atoms. The van der Waals surface area contributed by atoms with Crippen molar-refractivity contribution in [3.8, 4) is 17.1 Å². The molecule has 2 aromatic carbocycles. The molecule has 0 saturated carbocycles. The maximum absolute atomic E-state index is 13.3. The van der Waals surface area contributed by atoms with Gasteiger partial charge in [0.1, 0.15) is 5.58 Å². The van der Waals surface area contributed by atoms with E-state index in [4.69, 9.17) is 20.8 Å². The summed E-state index contributed by atoms with van der Waals surface area (Å²) < 4.78 is 11.6. The van der Waals surface area contributed by atoms with Gasteiger partial charge in [-0.15, -0.1) is 0 Å². The summed E-state index contributed by atoms with van der Waals surface area (Å²) in [5.74, 6) is -0.802. The Hall–Kier alpha value is -3.44. The number of hydrogen-bond acceptors (Lipinski definition) is 5. The summed E-state index contributed by atoms with van der Waals surface area (Å²) in [6, 6.07) is 13.7. The van der Waals surface area contributed by atoms with Gasteiger partial charge in [0.15, 0.2) is 5.76 Å². The van der Waals surface area contributed by atoms with Gasteiger partial charge in [-0.25, -0.2) is 4.79 Å². The number of aromatic nitrogens is 1. The summed E-state index contributed by atoms with van der Waals surface area (Å²) in [6.45, 7) is 3.74. The normalized spacial score (nSPS) is 10.9. The third-order valence-corrected chi connectivity index (χ3v) is 4.82. The van der Waals surface area contributed by atoms with E-state index in [9.17, 15) is 9.59 Å². The van der Waals surface area contributed by atoms with Gasteiger partial charge in [-0.2, -0.15) is 0 Å². The zero-order valence-corrected chi connectivity index (χ0v) is 16.5. The van der Waals surface area contributed by atoms with Gasteiger partial charge >= 0.3 is 5.97 Å². The molecule has 2 aromatic heterocycles. The van der Waals surface area contributed by atoms with Gasteiger partial charge in [0.05, 0.1) is 16.0 Å². The maximum Gasteiger partial charge on any atom is 0.345 e. The molecule has 5 nitrogen and oxygen atoms in total. The standard InChI is InChI=1S/C23H16ClNO4/c1-13-10-14(2)20-17(11-13)19(26)22(29-23(27)15-6-5-9-25-12-15)21(28-20)16-7-3-4-8-18(16)24/h3-12H,1-2H3. The third-order valence-electron chi connectivity index (χ3n) is 4.49. The van der Waals surface area contributed by atoms with Crippen LogP contribution in [0.15, 0.2) is 70.1 Å². The molecule has 4 rings (SSSR count). The summed E-state index contributed by atoms with van der Waals surface area (Å²) in [7, 11) is 0.